The summed E-state index contributed by atoms with van der Waals surface area (Å²) in [6, 6.07) is 12.3. The highest BCUT2D eigenvalue weighted by atomic mass is 35.5. The van der Waals surface area contributed by atoms with E-state index < -0.39 is 12.6 Å². The van der Waals surface area contributed by atoms with Gasteiger partial charge in [0, 0.05) is 6.07 Å². The van der Waals surface area contributed by atoms with Crippen LogP contribution >= 0.6 is 11.6 Å². The molecule has 0 radical (unpaired) electrons. The van der Waals surface area contributed by atoms with Crippen LogP contribution in [0, 0.1) is 0 Å². The first-order chi connectivity index (χ1) is 13.0. The summed E-state index contributed by atoms with van der Waals surface area (Å²) in [5, 5.41) is 3.10. The number of benzene rings is 2. The first-order valence-corrected chi connectivity index (χ1v) is 8.98. The molecule has 0 saturated heterocycles. The third kappa shape index (κ3) is 5.62. The van der Waals surface area contributed by atoms with Gasteiger partial charge in [0.05, 0.1) is 23.9 Å². The number of amides is 1. The fraction of sp³-hybridized carbons (Fsp3) is 0.300. The van der Waals surface area contributed by atoms with Gasteiger partial charge < -0.3 is 20.5 Å². The van der Waals surface area contributed by atoms with Crippen LogP contribution in [0.5, 0.6) is 5.75 Å². The molecule has 144 valence electrons. The maximum Gasteiger partial charge on any atom is 0.342 e. The Morgan fingerprint density at radius 2 is 1.93 bits per heavy atom. The molecule has 7 heteroatoms. The summed E-state index contributed by atoms with van der Waals surface area (Å²) in [4.78, 5) is 24.5. The summed E-state index contributed by atoms with van der Waals surface area (Å²) in [5.74, 6) is -0.864. The highest BCUT2D eigenvalue weighted by Gasteiger charge is 2.19. The van der Waals surface area contributed by atoms with Crippen molar-refractivity contribution in [3.05, 3.63) is 58.6 Å². The van der Waals surface area contributed by atoms with E-state index in [9.17, 15) is 9.59 Å². The SMILES string of the molecule is CCCC(NC(=O)COC(=O)c1cc(Cl)c(N)cc1OC)c1ccccc1. The van der Waals surface area contributed by atoms with E-state index >= 15 is 0 Å². The van der Waals surface area contributed by atoms with E-state index in [1.54, 1.807) is 0 Å². The van der Waals surface area contributed by atoms with Crippen LogP contribution in [-0.2, 0) is 9.53 Å². The summed E-state index contributed by atoms with van der Waals surface area (Å²) < 4.78 is 10.2. The van der Waals surface area contributed by atoms with Gasteiger partial charge in [-0.3, -0.25) is 4.79 Å². The number of hydrogen-bond acceptors (Lipinski definition) is 5. The predicted molar refractivity (Wildman–Crippen MR) is 105 cm³/mol. The normalized spacial score (nSPS) is 11.5. The molecule has 1 atom stereocenters. The lowest BCUT2D eigenvalue weighted by molar-refractivity contribution is -0.125. The highest BCUT2D eigenvalue weighted by molar-refractivity contribution is 6.33. The number of anilines is 1. The molecule has 2 aromatic rings. The molecule has 0 fully saturated rings. The van der Waals surface area contributed by atoms with Crippen molar-refractivity contribution in [2.45, 2.75) is 25.8 Å². The van der Waals surface area contributed by atoms with Crippen molar-refractivity contribution in [3.63, 3.8) is 0 Å². The number of methoxy groups -OCH3 is 1. The lowest BCUT2D eigenvalue weighted by atomic mass is 10.0. The van der Waals surface area contributed by atoms with Crippen molar-refractivity contribution in [1.82, 2.24) is 5.32 Å². The number of carbonyl (C=O) groups excluding carboxylic acids is 2. The number of carbonyl (C=O) groups is 2. The van der Waals surface area contributed by atoms with Crippen LogP contribution in [0.1, 0.15) is 41.7 Å². The smallest absolute Gasteiger partial charge is 0.342 e. The molecule has 0 spiro atoms. The minimum absolute atomic E-state index is 0.109. The Morgan fingerprint density at radius 1 is 1.22 bits per heavy atom. The van der Waals surface area contributed by atoms with Gasteiger partial charge in [-0.05, 0) is 18.1 Å². The third-order valence-electron chi connectivity index (χ3n) is 3.99. The Kier molecular flexibility index (Phi) is 7.49. The zero-order valence-corrected chi connectivity index (χ0v) is 16.1. The minimum Gasteiger partial charge on any atom is -0.496 e. The standard InChI is InChI=1S/C20H23ClN2O4/c1-3-7-17(13-8-5-4-6-9-13)23-19(24)12-27-20(25)14-10-15(21)16(22)11-18(14)26-2/h4-6,8-11,17H,3,7,12,22H2,1-2H3,(H,23,24). The fourth-order valence-corrected chi connectivity index (χ4v) is 2.80. The zero-order valence-electron chi connectivity index (χ0n) is 15.3. The summed E-state index contributed by atoms with van der Waals surface area (Å²) in [5.41, 5.74) is 7.10. The number of nitrogen functional groups attached to an aromatic ring is 1. The number of nitrogens with one attached hydrogen (secondary N) is 1. The highest BCUT2D eigenvalue weighted by Crippen LogP contribution is 2.29. The van der Waals surface area contributed by atoms with Gasteiger partial charge in [-0.15, -0.1) is 0 Å². The summed E-state index contributed by atoms with van der Waals surface area (Å²) >= 11 is 5.95. The second kappa shape index (κ2) is 9.83. The molecular weight excluding hydrogens is 368 g/mol. The van der Waals surface area contributed by atoms with Crippen molar-refractivity contribution in [1.29, 1.82) is 0 Å². The molecule has 0 saturated carbocycles. The van der Waals surface area contributed by atoms with Gasteiger partial charge in [-0.1, -0.05) is 55.3 Å². The van der Waals surface area contributed by atoms with Gasteiger partial charge in [0.25, 0.3) is 5.91 Å². The fourth-order valence-electron chi connectivity index (χ4n) is 2.64. The molecular formula is C20H23ClN2O4. The largest absolute Gasteiger partial charge is 0.496 e. The van der Waals surface area contributed by atoms with E-state index in [1.165, 1.54) is 19.2 Å². The Hall–Kier alpha value is -2.73. The molecule has 27 heavy (non-hydrogen) atoms. The van der Waals surface area contributed by atoms with Gasteiger partial charge in [-0.25, -0.2) is 4.79 Å². The number of rotatable bonds is 8. The second-order valence-electron chi connectivity index (χ2n) is 5.97. The van der Waals surface area contributed by atoms with Crippen LogP contribution < -0.4 is 15.8 Å². The van der Waals surface area contributed by atoms with Crippen LogP contribution in [0.15, 0.2) is 42.5 Å². The first-order valence-electron chi connectivity index (χ1n) is 8.60. The maximum atomic E-state index is 12.3. The van der Waals surface area contributed by atoms with E-state index in [0.29, 0.717) is 0 Å². The number of hydrogen-bond donors (Lipinski definition) is 2. The predicted octanol–water partition coefficient (Wildman–Crippen LogP) is 3.75. The summed E-state index contributed by atoms with van der Waals surface area (Å²) in [7, 11) is 1.40. The minimum atomic E-state index is -0.712. The number of ether oxygens (including phenoxy) is 2. The topological polar surface area (TPSA) is 90.7 Å². The molecule has 0 aromatic heterocycles. The first kappa shape index (κ1) is 20.6. The van der Waals surface area contributed by atoms with E-state index in [0.717, 1.165) is 18.4 Å². The monoisotopic (exact) mass is 390 g/mol. The van der Waals surface area contributed by atoms with Gasteiger partial charge >= 0.3 is 5.97 Å². The van der Waals surface area contributed by atoms with Crippen LogP contribution in [0.3, 0.4) is 0 Å². The van der Waals surface area contributed by atoms with Crippen LogP contribution in [0.4, 0.5) is 5.69 Å². The Balaban J connectivity index is 2.00. The lowest BCUT2D eigenvalue weighted by Gasteiger charge is -2.18. The molecule has 3 N–H and O–H groups in total. The van der Waals surface area contributed by atoms with Crippen molar-refractivity contribution >= 4 is 29.2 Å². The molecule has 0 aliphatic carbocycles. The number of nitrogens with two attached hydrogens (primary N) is 1. The van der Waals surface area contributed by atoms with Crippen molar-refractivity contribution in [3.8, 4) is 5.75 Å². The molecule has 2 rings (SSSR count). The van der Waals surface area contributed by atoms with Crippen LogP contribution in [0.25, 0.3) is 0 Å². The molecule has 6 nitrogen and oxygen atoms in total. The van der Waals surface area contributed by atoms with E-state index in [4.69, 9.17) is 26.8 Å². The molecule has 0 aliphatic heterocycles. The van der Waals surface area contributed by atoms with Gasteiger partial charge in [0.1, 0.15) is 11.3 Å². The number of halogens is 1. The quantitative estimate of drug-likeness (QED) is 0.529. The zero-order chi connectivity index (χ0) is 19.8. The lowest BCUT2D eigenvalue weighted by Crippen LogP contribution is -2.32. The maximum absolute atomic E-state index is 12.3. The average molecular weight is 391 g/mol. The van der Waals surface area contributed by atoms with E-state index in [-0.39, 0.29) is 34.0 Å². The molecule has 0 bridgehead atoms. The van der Waals surface area contributed by atoms with Crippen molar-refractivity contribution < 1.29 is 19.1 Å². The van der Waals surface area contributed by atoms with E-state index in [2.05, 4.69) is 5.32 Å². The van der Waals surface area contributed by atoms with Crippen LogP contribution in [0.2, 0.25) is 5.02 Å². The molecule has 0 heterocycles. The van der Waals surface area contributed by atoms with Crippen molar-refractivity contribution in [2.24, 2.45) is 0 Å². The van der Waals surface area contributed by atoms with Crippen LogP contribution in [-0.4, -0.2) is 25.6 Å². The van der Waals surface area contributed by atoms with Gasteiger partial charge in [0.2, 0.25) is 0 Å². The Bertz CT molecular complexity index is 796. The molecule has 2 aromatic carbocycles. The summed E-state index contributed by atoms with van der Waals surface area (Å²) in [6.45, 7) is 1.64. The van der Waals surface area contributed by atoms with E-state index in [1.807, 2.05) is 37.3 Å². The molecule has 1 amide bonds. The van der Waals surface area contributed by atoms with Gasteiger partial charge in [0.15, 0.2) is 6.61 Å². The third-order valence-corrected chi connectivity index (χ3v) is 4.31. The molecule has 1 unspecified atom stereocenters. The summed E-state index contributed by atoms with van der Waals surface area (Å²) in [6.07, 6.45) is 1.69. The average Bonchev–Trinajstić information content (AvgIpc) is 2.68. The number of esters is 1. The van der Waals surface area contributed by atoms with Gasteiger partial charge in [-0.2, -0.15) is 0 Å². The second-order valence-corrected chi connectivity index (χ2v) is 6.38. The Morgan fingerprint density at radius 3 is 2.56 bits per heavy atom. The Labute approximate surface area is 163 Å². The van der Waals surface area contributed by atoms with Crippen molar-refractivity contribution in [2.75, 3.05) is 19.5 Å². The molecule has 0 aliphatic rings.